The van der Waals surface area contributed by atoms with E-state index in [1.165, 1.54) is 52.6 Å². The number of carbonyl (C=O) groups excluding carboxylic acids is 1. The van der Waals surface area contributed by atoms with E-state index < -0.39 is 6.36 Å². The number of nitrogens with zero attached hydrogens (tertiary/aromatic N) is 5. The number of para-hydroxylation sites is 1. The molecule has 0 saturated carbocycles. The molecule has 1 aliphatic heterocycles. The van der Waals surface area contributed by atoms with Gasteiger partial charge in [0.1, 0.15) is 12.1 Å². The van der Waals surface area contributed by atoms with Crippen molar-refractivity contribution in [1.82, 2.24) is 20.1 Å². The van der Waals surface area contributed by atoms with E-state index in [0.29, 0.717) is 34.1 Å². The van der Waals surface area contributed by atoms with Crippen LogP contribution >= 0.6 is 24.0 Å². The molecule has 0 bridgehead atoms. The maximum Gasteiger partial charge on any atom is 0.573 e. The Kier molecular flexibility index (Phi) is 10.5. The Morgan fingerprint density at radius 2 is 1.80 bits per heavy atom. The lowest BCUT2D eigenvalue weighted by Gasteiger charge is -2.19. The smallest absolute Gasteiger partial charge is 0.406 e. The number of hydrogen-bond donors (Lipinski definition) is 1. The third-order valence-corrected chi connectivity index (χ3v) is 8.08. The molecule has 1 saturated heterocycles. The Labute approximate surface area is 268 Å². The maximum atomic E-state index is 12.7. The van der Waals surface area contributed by atoms with Gasteiger partial charge in [-0.1, -0.05) is 67.6 Å². The van der Waals surface area contributed by atoms with Gasteiger partial charge in [-0.25, -0.2) is 9.67 Å². The van der Waals surface area contributed by atoms with Crippen LogP contribution < -0.4 is 15.0 Å². The Morgan fingerprint density at radius 1 is 1.04 bits per heavy atom. The van der Waals surface area contributed by atoms with Crippen LogP contribution in [0, 0.1) is 0 Å². The minimum atomic E-state index is -4.74. The Morgan fingerprint density at radius 3 is 2.53 bits per heavy atom. The number of amidine groups is 1. The highest BCUT2D eigenvalue weighted by Gasteiger charge is 2.32. The average molecular weight is 653 g/mol. The van der Waals surface area contributed by atoms with Crippen LogP contribution in [-0.2, 0) is 17.6 Å². The summed E-state index contributed by atoms with van der Waals surface area (Å²) in [5.74, 6) is 0.558. The fourth-order valence-electron chi connectivity index (χ4n) is 4.81. The Hall–Kier alpha value is -4.23. The summed E-state index contributed by atoms with van der Waals surface area (Å²) < 4.78 is 42.6. The molecule has 8 nitrogen and oxygen atoms in total. The number of carbonyl (C=O) groups is 1. The monoisotopic (exact) mass is 652 g/mol. The van der Waals surface area contributed by atoms with Gasteiger partial charge in [0.25, 0.3) is 0 Å². The van der Waals surface area contributed by atoms with Gasteiger partial charge in [0.05, 0.1) is 17.1 Å². The van der Waals surface area contributed by atoms with Gasteiger partial charge in [0.15, 0.2) is 16.1 Å². The van der Waals surface area contributed by atoms with Crippen LogP contribution in [0.3, 0.4) is 0 Å². The number of aromatic nitrogens is 3. The lowest BCUT2D eigenvalue weighted by molar-refractivity contribution is -0.274. The predicted octanol–water partition coefficient (Wildman–Crippen LogP) is 7.12. The van der Waals surface area contributed by atoms with Gasteiger partial charge >= 0.3 is 6.36 Å². The van der Waals surface area contributed by atoms with Gasteiger partial charge in [0.2, 0.25) is 5.91 Å². The van der Waals surface area contributed by atoms with Crippen molar-refractivity contribution < 1.29 is 22.7 Å². The number of alkyl halides is 3. The summed E-state index contributed by atoms with van der Waals surface area (Å²) >= 11 is 6.87. The topological polar surface area (TPSA) is 84.6 Å². The molecule has 3 aromatic carbocycles. The molecule has 5 rings (SSSR count). The molecule has 0 aliphatic carbocycles. The first-order chi connectivity index (χ1) is 21.7. The number of anilines is 1. The molecule has 1 N–H and O–H groups in total. The zero-order chi connectivity index (χ0) is 31.8. The van der Waals surface area contributed by atoms with Crippen LogP contribution in [0.2, 0.25) is 0 Å². The second kappa shape index (κ2) is 14.7. The van der Waals surface area contributed by atoms with Crippen molar-refractivity contribution in [2.75, 3.05) is 17.2 Å². The summed E-state index contributed by atoms with van der Waals surface area (Å²) in [6.07, 6.45) is 1.35. The third kappa shape index (κ3) is 8.70. The molecule has 1 amide bonds. The third-order valence-electron chi connectivity index (χ3n) is 6.92. The van der Waals surface area contributed by atoms with Gasteiger partial charge in [-0.3, -0.25) is 9.69 Å². The number of rotatable bonds is 11. The molecular formula is C32H31F3N6O2S2. The molecule has 13 heteroatoms. The van der Waals surface area contributed by atoms with Crippen LogP contribution in [0.1, 0.15) is 37.3 Å². The summed E-state index contributed by atoms with van der Waals surface area (Å²) in [6, 6.07) is 21.3. The van der Waals surface area contributed by atoms with Crippen molar-refractivity contribution >= 4 is 45.9 Å². The van der Waals surface area contributed by atoms with Gasteiger partial charge < -0.3 is 10.1 Å². The molecule has 2 heterocycles. The molecule has 0 radical (unpaired) electrons. The van der Waals surface area contributed by atoms with Crippen molar-refractivity contribution in [3.05, 3.63) is 90.3 Å². The number of nitrogens with one attached hydrogen (secondary N) is 1. The quantitative estimate of drug-likeness (QED) is 0.137. The molecule has 1 aliphatic rings. The van der Waals surface area contributed by atoms with Crippen LogP contribution in [0.25, 0.3) is 17.1 Å². The number of benzene rings is 3. The van der Waals surface area contributed by atoms with E-state index in [1.54, 1.807) is 4.90 Å². The minimum Gasteiger partial charge on any atom is -0.406 e. The van der Waals surface area contributed by atoms with Gasteiger partial charge in [0, 0.05) is 12.1 Å². The first kappa shape index (κ1) is 32.2. The predicted molar refractivity (Wildman–Crippen MR) is 175 cm³/mol. The summed E-state index contributed by atoms with van der Waals surface area (Å²) in [6.45, 7) is 2.79. The number of thiocarbonyl (C=S) groups is 1. The van der Waals surface area contributed by atoms with E-state index in [0.717, 1.165) is 48.9 Å². The molecule has 1 fully saturated rings. The van der Waals surface area contributed by atoms with E-state index in [2.05, 4.69) is 32.1 Å². The fraction of sp³-hybridized carbons (Fsp3) is 0.281. The number of hydrogen-bond acceptors (Lipinski definition) is 6. The number of aryl methyl sites for hydroxylation is 2. The normalized spacial score (nSPS) is 14.3. The second-order valence-corrected chi connectivity index (χ2v) is 11.6. The van der Waals surface area contributed by atoms with Crippen molar-refractivity contribution in [2.45, 2.75) is 45.4 Å². The van der Waals surface area contributed by atoms with Crippen molar-refractivity contribution in [2.24, 2.45) is 4.99 Å². The number of ether oxygens (including phenoxy) is 1. The van der Waals surface area contributed by atoms with Crippen LogP contribution in [0.5, 0.6) is 5.75 Å². The number of thioether (sulfide) groups is 1. The fourth-order valence-corrected chi connectivity index (χ4v) is 5.92. The first-order valence-electron chi connectivity index (χ1n) is 14.5. The zero-order valence-corrected chi connectivity index (χ0v) is 26.1. The maximum absolute atomic E-state index is 12.7. The molecule has 234 valence electrons. The number of unbranched alkanes of at least 4 members (excludes halogenated alkanes) is 1. The van der Waals surface area contributed by atoms with Crippen molar-refractivity contribution in [3.63, 3.8) is 0 Å². The Bertz CT molecular complexity index is 1660. The second-order valence-electron chi connectivity index (χ2n) is 10.2. The van der Waals surface area contributed by atoms with Crippen LogP contribution in [0.15, 0.2) is 84.1 Å². The standard InChI is InChI=1S/C32H31F3N6O2S2/c1-2-7-23-9-3-4-10-27(23)41-28(42)20-45-31(41)38-30(44)36-19-6-5-8-22-11-13-24(14-12-22)29-37-21-40(39-29)25-15-17-26(18-16-25)43-32(33,34)35/h3-4,9-18,21H,2,5-8,19-20H2,1H3,(H,36,44)/b38-31-. The summed E-state index contributed by atoms with van der Waals surface area (Å²) in [5, 5.41) is 8.62. The number of aliphatic imine (C=N–C) groups is 1. The lowest BCUT2D eigenvalue weighted by atomic mass is 10.1. The largest absolute Gasteiger partial charge is 0.573 e. The summed E-state index contributed by atoms with van der Waals surface area (Å²) in [7, 11) is 0. The number of halogens is 3. The average Bonchev–Trinajstić information content (AvgIpc) is 3.64. The summed E-state index contributed by atoms with van der Waals surface area (Å²) in [4.78, 5) is 23.3. The lowest BCUT2D eigenvalue weighted by Crippen LogP contribution is -2.32. The van der Waals surface area contributed by atoms with E-state index >= 15 is 0 Å². The minimum absolute atomic E-state index is 0.00778. The molecule has 0 spiro atoms. The highest BCUT2D eigenvalue weighted by molar-refractivity contribution is 8.15. The van der Waals surface area contributed by atoms with E-state index in [4.69, 9.17) is 12.2 Å². The van der Waals surface area contributed by atoms with Crippen LogP contribution in [0.4, 0.5) is 18.9 Å². The Balaban J connectivity index is 1.08. The van der Waals surface area contributed by atoms with E-state index in [1.807, 2.05) is 48.5 Å². The highest BCUT2D eigenvalue weighted by Crippen LogP contribution is 2.30. The highest BCUT2D eigenvalue weighted by atomic mass is 32.2. The van der Waals surface area contributed by atoms with Crippen LogP contribution in [-0.4, -0.2) is 49.6 Å². The molecule has 4 aromatic rings. The van der Waals surface area contributed by atoms with E-state index in [-0.39, 0.29) is 11.7 Å². The zero-order valence-electron chi connectivity index (χ0n) is 24.5. The van der Waals surface area contributed by atoms with Gasteiger partial charge in [-0.2, -0.15) is 4.99 Å². The van der Waals surface area contributed by atoms with Crippen molar-refractivity contribution in [1.29, 1.82) is 0 Å². The first-order valence-corrected chi connectivity index (χ1v) is 15.9. The molecule has 0 atom stereocenters. The molecule has 1 aromatic heterocycles. The molecular weight excluding hydrogens is 622 g/mol. The number of amides is 1. The van der Waals surface area contributed by atoms with Crippen molar-refractivity contribution in [3.8, 4) is 22.8 Å². The van der Waals surface area contributed by atoms with Gasteiger partial charge in [-0.05, 0) is 79.4 Å². The summed E-state index contributed by atoms with van der Waals surface area (Å²) in [5.41, 5.74) is 4.55. The molecule has 0 unspecified atom stereocenters. The molecule has 45 heavy (non-hydrogen) atoms. The SMILES string of the molecule is CCCc1ccccc1N1C(=O)CS/C1=N\C(=S)NCCCCc1ccc(-c2ncn(-c3ccc(OC(F)(F)F)cc3)n2)cc1. The van der Waals surface area contributed by atoms with Gasteiger partial charge in [-0.15, -0.1) is 18.3 Å². The van der Waals surface area contributed by atoms with E-state index in [9.17, 15) is 18.0 Å².